The molecule has 4 heteroatoms. The molecule has 14 heavy (non-hydrogen) atoms. The van der Waals surface area contributed by atoms with Gasteiger partial charge in [-0.3, -0.25) is 0 Å². The molecule has 0 saturated heterocycles. The Bertz CT molecular complexity index is 556. The van der Waals surface area contributed by atoms with Gasteiger partial charge in [-0.1, -0.05) is 0 Å². The predicted molar refractivity (Wildman–Crippen MR) is 55.1 cm³/mol. The van der Waals surface area contributed by atoms with Crippen molar-refractivity contribution in [2.75, 3.05) is 0 Å². The largest absolute Gasteiger partial charge is 0.464 e. The van der Waals surface area contributed by atoms with Crippen molar-refractivity contribution in [1.29, 1.82) is 0 Å². The zero-order valence-corrected chi connectivity index (χ0v) is 7.99. The third kappa shape index (κ3) is 1.04. The highest BCUT2D eigenvalue weighted by atomic mass is 32.1. The Balaban J connectivity index is 2.33. The Kier molecular flexibility index (Phi) is 1.61. The molecule has 0 fully saturated rings. The van der Waals surface area contributed by atoms with Gasteiger partial charge in [0.05, 0.1) is 6.26 Å². The standard InChI is InChI=1S/C10H6N2OS/c1-2-9(13-3-1)8-5-14-10-7(8)4-11-6-12-10/h1-6H. The van der Waals surface area contributed by atoms with Crippen LogP contribution in [0.4, 0.5) is 0 Å². The summed E-state index contributed by atoms with van der Waals surface area (Å²) in [6.45, 7) is 0. The highest BCUT2D eigenvalue weighted by Crippen LogP contribution is 2.31. The molecular formula is C10H6N2OS. The molecule has 3 aromatic heterocycles. The van der Waals surface area contributed by atoms with Crippen molar-refractivity contribution >= 4 is 21.6 Å². The number of rotatable bonds is 1. The Morgan fingerprint density at radius 1 is 1.36 bits per heavy atom. The van der Waals surface area contributed by atoms with E-state index in [1.807, 2.05) is 23.7 Å². The van der Waals surface area contributed by atoms with Crippen molar-refractivity contribution in [2.45, 2.75) is 0 Å². The number of nitrogens with zero attached hydrogens (tertiary/aromatic N) is 2. The summed E-state index contributed by atoms with van der Waals surface area (Å²) in [5.41, 5.74) is 1.07. The van der Waals surface area contributed by atoms with Gasteiger partial charge in [0.15, 0.2) is 0 Å². The second kappa shape index (κ2) is 2.92. The first-order chi connectivity index (χ1) is 6.95. The molecule has 3 heterocycles. The smallest absolute Gasteiger partial charge is 0.135 e. The van der Waals surface area contributed by atoms with Crippen LogP contribution in [0.3, 0.4) is 0 Å². The second-order valence-corrected chi connectivity index (χ2v) is 3.73. The number of fused-ring (bicyclic) bond motifs is 1. The van der Waals surface area contributed by atoms with Crippen molar-refractivity contribution < 1.29 is 4.42 Å². The van der Waals surface area contributed by atoms with Crippen LogP contribution in [0.2, 0.25) is 0 Å². The van der Waals surface area contributed by atoms with Gasteiger partial charge in [0.2, 0.25) is 0 Å². The number of thiophene rings is 1. The fourth-order valence-corrected chi connectivity index (χ4v) is 2.27. The molecule has 3 rings (SSSR count). The van der Waals surface area contributed by atoms with E-state index in [1.54, 1.807) is 23.9 Å². The molecule has 3 aromatic rings. The van der Waals surface area contributed by atoms with Gasteiger partial charge in [-0.2, -0.15) is 0 Å². The van der Waals surface area contributed by atoms with E-state index in [0.717, 1.165) is 21.5 Å². The first-order valence-electron chi connectivity index (χ1n) is 4.16. The Hall–Kier alpha value is -1.68. The lowest BCUT2D eigenvalue weighted by Gasteiger charge is -1.91. The molecule has 68 valence electrons. The van der Waals surface area contributed by atoms with E-state index in [4.69, 9.17) is 4.42 Å². The van der Waals surface area contributed by atoms with Gasteiger partial charge in [0.1, 0.15) is 16.9 Å². The monoisotopic (exact) mass is 202 g/mol. The summed E-state index contributed by atoms with van der Waals surface area (Å²) in [5.74, 6) is 0.867. The van der Waals surface area contributed by atoms with Gasteiger partial charge >= 0.3 is 0 Å². The number of furan rings is 1. The lowest BCUT2D eigenvalue weighted by molar-refractivity contribution is 0.583. The SMILES string of the molecule is c1coc(-c2csc3ncncc23)c1. The Labute approximate surface area is 84.0 Å². The van der Waals surface area contributed by atoms with Crippen LogP contribution in [-0.2, 0) is 0 Å². The number of aromatic nitrogens is 2. The summed E-state index contributed by atoms with van der Waals surface area (Å²) in [5, 5.41) is 3.09. The van der Waals surface area contributed by atoms with Gasteiger partial charge in [0.25, 0.3) is 0 Å². The number of hydrogen-bond acceptors (Lipinski definition) is 4. The molecule has 0 bridgehead atoms. The van der Waals surface area contributed by atoms with E-state index in [1.165, 1.54) is 0 Å². The zero-order chi connectivity index (χ0) is 9.38. The molecule has 3 nitrogen and oxygen atoms in total. The van der Waals surface area contributed by atoms with Crippen LogP contribution in [0.5, 0.6) is 0 Å². The number of hydrogen-bond donors (Lipinski definition) is 0. The molecule has 0 N–H and O–H groups in total. The average Bonchev–Trinajstić information content (AvgIpc) is 2.85. The topological polar surface area (TPSA) is 38.9 Å². The molecule has 0 aliphatic rings. The highest BCUT2D eigenvalue weighted by Gasteiger charge is 2.08. The summed E-state index contributed by atoms with van der Waals surface area (Å²) in [6.07, 6.45) is 5.05. The van der Waals surface area contributed by atoms with Crippen LogP contribution in [0.25, 0.3) is 21.5 Å². The first-order valence-corrected chi connectivity index (χ1v) is 5.04. The lowest BCUT2D eigenvalue weighted by atomic mass is 10.2. The molecule has 0 amide bonds. The molecule has 0 saturated carbocycles. The van der Waals surface area contributed by atoms with Crippen molar-refractivity contribution in [3.63, 3.8) is 0 Å². The van der Waals surface area contributed by atoms with E-state index < -0.39 is 0 Å². The zero-order valence-electron chi connectivity index (χ0n) is 7.18. The normalized spacial score (nSPS) is 10.9. The van der Waals surface area contributed by atoms with E-state index >= 15 is 0 Å². The van der Waals surface area contributed by atoms with E-state index in [2.05, 4.69) is 9.97 Å². The van der Waals surface area contributed by atoms with Gasteiger partial charge < -0.3 is 4.42 Å². The minimum Gasteiger partial charge on any atom is -0.464 e. The van der Waals surface area contributed by atoms with E-state index in [-0.39, 0.29) is 0 Å². The summed E-state index contributed by atoms with van der Waals surface area (Å²) >= 11 is 1.60. The maximum absolute atomic E-state index is 5.34. The maximum atomic E-state index is 5.34. The van der Waals surface area contributed by atoms with Crippen LogP contribution in [0.15, 0.2) is 40.7 Å². The minimum atomic E-state index is 0.867. The van der Waals surface area contributed by atoms with Crippen molar-refractivity contribution in [3.05, 3.63) is 36.3 Å². The van der Waals surface area contributed by atoms with E-state index in [9.17, 15) is 0 Å². The van der Waals surface area contributed by atoms with Gasteiger partial charge in [0, 0.05) is 22.5 Å². The fraction of sp³-hybridized carbons (Fsp3) is 0. The van der Waals surface area contributed by atoms with Crippen LogP contribution in [0, 0.1) is 0 Å². The van der Waals surface area contributed by atoms with Crippen LogP contribution in [-0.4, -0.2) is 9.97 Å². The molecular weight excluding hydrogens is 196 g/mol. The quantitative estimate of drug-likeness (QED) is 0.609. The first kappa shape index (κ1) is 7.70. The Morgan fingerprint density at radius 3 is 3.21 bits per heavy atom. The molecule has 0 aliphatic carbocycles. The average molecular weight is 202 g/mol. The maximum Gasteiger partial charge on any atom is 0.135 e. The molecule has 0 radical (unpaired) electrons. The highest BCUT2D eigenvalue weighted by molar-refractivity contribution is 7.17. The second-order valence-electron chi connectivity index (χ2n) is 2.87. The summed E-state index contributed by atoms with van der Waals surface area (Å²) < 4.78 is 5.34. The molecule has 0 aromatic carbocycles. The van der Waals surface area contributed by atoms with Crippen LogP contribution >= 0.6 is 11.3 Å². The van der Waals surface area contributed by atoms with Crippen molar-refractivity contribution in [2.24, 2.45) is 0 Å². The lowest BCUT2D eigenvalue weighted by Crippen LogP contribution is -1.76. The van der Waals surface area contributed by atoms with Gasteiger partial charge in [-0.25, -0.2) is 9.97 Å². The molecule has 0 spiro atoms. The minimum absolute atomic E-state index is 0.867. The fourth-order valence-electron chi connectivity index (χ4n) is 1.40. The predicted octanol–water partition coefficient (Wildman–Crippen LogP) is 2.95. The molecule has 0 atom stereocenters. The van der Waals surface area contributed by atoms with Gasteiger partial charge in [-0.15, -0.1) is 11.3 Å². The summed E-state index contributed by atoms with van der Waals surface area (Å²) in [6, 6.07) is 3.82. The third-order valence-electron chi connectivity index (χ3n) is 2.04. The Morgan fingerprint density at radius 2 is 2.36 bits per heavy atom. The molecule has 0 aliphatic heterocycles. The van der Waals surface area contributed by atoms with Crippen LogP contribution < -0.4 is 0 Å². The summed E-state index contributed by atoms with van der Waals surface area (Å²) in [7, 11) is 0. The van der Waals surface area contributed by atoms with Crippen molar-refractivity contribution in [1.82, 2.24) is 9.97 Å². The molecule has 0 unspecified atom stereocenters. The van der Waals surface area contributed by atoms with E-state index in [0.29, 0.717) is 0 Å². The summed E-state index contributed by atoms with van der Waals surface area (Å²) in [4.78, 5) is 9.18. The van der Waals surface area contributed by atoms with Crippen molar-refractivity contribution in [3.8, 4) is 11.3 Å². The van der Waals surface area contributed by atoms with Crippen LogP contribution in [0.1, 0.15) is 0 Å². The third-order valence-corrected chi connectivity index (χ3v) is 2.94. The van der Waals surface area contributed by atoms with Gasteiger partial charge in [-0.05, 0) is 12.1 Å².